The Hall–Kier alpha value is -2.51. The van der Waals surface area contributed by atoms with E-state index in [2.05, 4.69) is 30.7 Å². The van der Waals surface area contributed by atoms with Crippen LogP contribution < -0.4 is 10.6 Å². The third-order valence-corrected chi connectivity index (χ3v) is 2.84. The monoisotopic (exact) mass is 290 g/mol. The molecule has 0 radical (unpaired) electrons. The molecule has 0 aliphatic rings. The van der Waals surface area contributed by atoms with Crippen molar-refractivity contribution in [1.29, 1.82) is 0 Å². The average molecular weight is 290 g/mol. The van der Waals surface area contributed by atoms with Gasteiger partial charge in [0.15, 0.2) is 12.0 Å². The normalized spacial score (nSPS) is 10.7. The van der Waals surface area contributed by atoms with Gasteiger partial charge in [-0.1, -0.05) is 19.0 Å². The van der Waals surface area contributed by atoms with Crippen molar-refractivity contribution in [2.45, 2.75) is 26.2 Å². The molecular weight excluding hydrogens is 272 g/mol. The van der Waals surface area contributed by atoms with Crippen molar-refractivity contribution in [2.75, 3.05) is 18.9 Å². The van der Waals surface area contributed by atoms with Crippen LogP contribution in [-0.4, -0.2) is 39.6 Å². The summed E-state index contributed by atoms with van der Waals surface area (Å²) in [5, 5.41) is 9.21. The Morgan fingerprint density at radius 2 is 2.19 bits per heavy atom. The average Bonchev–Trinajstić information content (AvgIpc) is 2.99. The van der Waals surface area contributed by atoms with Gasteiger partial charge in [-0.2, -0.15) is 4.98 Å². The molecule has 0 bridgehead atoms. The highest BCUT2D eigenvalue weighted by molar-refractivity contribution is 5.97. The van der Waals surface area contributed by atoms with Gasteiger partial charge < -0.3 is 15.2 Å². The lowest BCUT2D eigenvalue weighted by Crippen LogP contribution is -2.28. The molecule has 0 saturated carbocycles. The Kier molecular flexibility index (Phi) is 4.81. The lowest BCUT2D eigenvalue weighted by molar-refractivity contribution is 0.0949. The lowest BCUT2D eigenvalue weighted by atomic mass is 10.2. The van der Waals surface area contributed by atoms with Crippen LogP contribution in [0, 0.1) is 0 Å². The first-order chi connectivity index (χ1) is 10.1. The molecule has 0 spiro atoms. The van der Waals surface area contributed by atoms with Crippen molar-refractivity contribution in [3.8, 4) is 0 Å². The summed E-state index contributed by atoms with van der Waals surface area (Å²) in [4.78, 5) is 24.7. The van der Waals surface area contributed by atoms with Gasteiger partial charge in [-0.25, -0.2) is 9.97 Å². The van der Waals surface area contributed by atoms with Gasteiger partial charge in [-0.15, -0.1) is 0 Å². The molecule has 0 saturated heterocycles. The number of nitrogens with one attached hydrogen (secondary N) is 2. The highest BCUT2D eigenvalue weighted by Gasteiger charge is 2.15. The zero-order valence-electron chi connectivity index (χ0n) is 12.3. The smallest absolute Gasteiger partial charge is 0.272 e. The van der Waals surface area contributed by atoms with E-state index in [9.17, 15) is 4.79 Å². The first-order valence-corrected chi connectivity index (χ1v) is 6.70. The van der Waals surface area contributed by atoms with E-state index in [1.54, 1.807) is 13.2 Å². The van der Waals surface area contributed by atoms with Crippen LogP contribution >= 0.6 is 0 Å². The number of carbonyl (C=O) groups is 1. The minimum atomic E-state index is -0.261. The van der Waals surface area contributed by atoms with Crippen LogP contribution in [0.15, 0.2) is 17.0 Å². The second-order valence-electron chi connectivity index (χ2n) is 4.74. The number of aromatic nitrogens is 4. The molecule has 2 rings (SSSR count). The fourth-order valence-corrected chi connectivity index (χ4v) is 1.70. The van der Waals surface area contributed by atoms with Gasteiger partial charge in [0.05, 0.1) is 11.9 Å². The molecular formula is C13H18N6O2. The van der Waals surface area contributed by atoms with Gasteiger partial charge in [0.1, 0.15) is 5.82 Å². The third kappa shape index (κ3) is 3.74. The van der Waals surface area contributed by atoms with Gasteiger partial charge in [0, 0.05) is 25.9 Å². The quantitative estimate of drug-likeness (QED) is 0.817. The van der Waals surface area contributed by atoms with E-state index in [-0.39, 0.29) is 11.8 Å². The molecule has 21 heavy (non-hydrogen) atoms. The van der Waals surface area contributed by atoms with E-state index in [0.717, 1.165) is 0 Å². The van der Waals surface area contributed by atoms with E-state index >= 15 is 0 Å². The predicted octanol–water partition coefficient (Wildman–Crippen LogP) is 0.997. The van der Waals surface area contributed by atoms with Gasteiger partial charge in [0.2, 0.25) is 5.89 Å². The van der Waals surface area contributed by atoms with Crippen LogP contribution in [0.4, 0.5) is 5.69 Å². The van der Waals surface area contributed by atoms with Gasteiger partial charge >= 0.3 is 0 Å². The minimum Gasteiger partial charge on any atom is -0.385 e. The van der Waals surface area contributed by atoms with E-state index in [0.29, 0.717) is 36.1 Å². The Morgan fingerprint density at radius 1 is 1.38 bits per heavy atom. The van der Waals surface area contributed by atoms with Crippen molar-refractivity contribution >= 4 is 11.6 Å². The van der Waals surface area contributed by atoms with Crippen LogP contribution in [0.1, 0.15) is 42.0 Å². The summed E-state index contributed by atoms with van der Waals surface area (Å²) in [5.74, 6) is 1.01. The summed E-state index contributed by atoms with van der Waals surface area (Å²) in [6.45, 7) is 4.35. The molecule has 2 aromatic rings. The van der Waals surface area contributed by atoms with E-state index in [1.165, 1.54) is 6.33 Å². The molecule has 0 fully saturated rings. The summed E-state index contributed by atoms with van der Waals surface area (Å²) in [6.07, 6.45) is 3.42. The predicted molar refractivity (Wildman–Crippen MR) is 76.0 cm³/mol. The first-order valence-electron chi connectivity index (χ1n) is 6.70. The van der Waals surface area contributed by atoms with Crippen molar-refractivity contribution < 1.29 is 9.32 Å². The number of hydrogen-bond donors (Lipinski definition) is 2. The highest BCUT2D eigenvalue weighted by Crippen LogP contribution is 2.15. The molecule has 0 unspecified atom stereocenters. The summed E-state index contributed by atoms with van der Waals surface area (Å²) >= 11 is 0. The summed E-state index contributed by atoms with van der Waals surface area (Å²) in [6, 6.07) is 0. The largest absolute Gasteiger partial charge is 0.385 e. The fraction of sp³-hybridized carbons (Fsp3) is 0.462. The number of anilines is 1. The molecule has 2 aromatic heterocycles. The van der Waals surface area contributed by atoms with Crippen molar-refractivity contribution in [1.82, 2.24) is 25.4 Å². The molecule has 0 atom stereocenters. The van der Waals surface area contributed by atoms with Crippen molar-refractivity contribution in [2.24, 2.45) is 0 Å². The molecule has 112 valence electrons. The zero-order chi connectivity index (χ0) is 15.2. The second-order valence-corrected chi connectivity index (χ2v) is 4.74. The Labute approximate surface area is 122 Å². The lowest BCUT2D eigenvalue weighted by Gasteiger charge is -2.11. The highest BCUT2D eigenvalue weighted by atomic mass is 16.5. The second kappa shape index (κ2) is 6.78. The molecule has 2 N–H and O–H groups in total. The molecule has 1 amide bonds. The number of nitrogens with zero attached hydrogens (tertiary/aromatic N) is 4. The summed E-state index contributed by atoms with van der Waals surface area (Å²) in [5.41, 5.74) is 0.927. The Bertz CT molecular complexity index is 597. The van der Waals surface area contributed by atoms with Crippen molar-refractivity contribution in [3.63, 3.8) is 0 Å². The zero-order valence-corrected chi connectivity index (χ0v) is 12.3. The van der Waals surface area contributed by atoms with Crippen LogP contribution in [0.2, 0.25) is 0 Å². The SMILES string of the molecule is CNc1cnc(C(C)C)nc1C(=O)NCCc1ncno1. The maximum atomic E-state index is 12.2. The maximum absolute atomic E-state index is 12.2. The van der Waals surface area contributed by atoms with Gasteiger partial charge in [-0.3, -0.25) is 4.79 Å². The maximum Gasteiger partial charge on any atom is 0.272 e. The minimum absolute atomic E-state index is 0.154. The van der Waals surface area contributed by atoms with E-state index in [1.807, 2.05) is 13.8 Å². The first kappa shape index (κ1) is 14.9. The summed E-state index contributed by atoms with van der Waals surface area (Å²) < 4.78 is 4.87. The van der Waals surface area contributed by atoms with Gasteiger partial charge in [-0.05, 0) is 0 Å². The van der Waals surface area contributed by atoms with E-state index < -0.39 is 0 Å². The van der Waals surface area contributed by atoms with E-state index in [4.69, 9.17) is 4.52 Å². The topological polar surface area (TPSA) is 106 Å². The van der Waals surface area contributed by atoms with Crippen LogP contribution in [-0.2, 0) is 6.42 Å². The molecule has 0 aliphatic heterocycles. The fourth-order valence-electron chi connectivity index (χ4n) is 1.70. The van der Waals surface area contributed by atoms with Crippen LogP contribution in [0.25, 0.3) is 0 Å². The molecule has 8 nitrogen and oxygen atoms in total. The molecule has 0 aromatic carbocycles. The Morgan fingerprint density at radius 3 is 2.81 bits per heavy atom. The number of hydrogen-bond acceptors (Lipinski definition) is 7. The van der Waals surface area contributed by atoms with Crippen LogP contribution in [0.3, 0.4) is 0 Å². The Balaban J connectivity index is 2.04. The molecule has 2 heterocycles. The van der Waals surface area contributed by atoms with Crippen LogP contribution in [0.5, 0.6) is 0 Å². The number of rotatable bonds is 6. The third-order valence-electron chi connectivity index (χ3n) is 2.84. The standard InChI is InChI=1S/C13H18N6O2/c1-8(2)12-16-6-9(14-3)11(19-12)13(20)15-5-4-10-17-7-18-21-10/h6-8,14H,4-5H2,1-3H3,(H,15,20). The molecule has 8 heteroatoms. The van der Waals surface area contributed by atoms with Crippen molar-refractivity contribution in [3.05, 3.63) is 29.9 Å². The van der Waals surface area contributed by atoms with Gasteiger partial charge in [0.25, 0.3) is 5.91 Å². The number of carbonyl (C=O) groups excluding carboxylic acids is 1. The molecule has 0 aliphatic carbocycles. The summed E-state index contributed by atoms with van der Waals surface area (Å²) in [7, 11) is 1.73. The number of amides is 1.